The Balaban J connectivity index is 1.35. The minimum Gasteiger partial charge on any atom is -0.493 e. The Morgan fingerprint density at radius 3 is 2.84 bits per heavy atom. The average molecular weight is 432 g/mol. The van der Waals surface area contributed by atoms with Crippen LogP contribution in [0.1, 0.15) is 12.0 Å². The van der Waals surface area contributed by atoms with Gasteiger partial charge in [-0.2, -0.15) is 0 Å². The molecule has 0 spiro atoms. The minimum atomic E-state index is -0.557. The molecule has 1 saturated heterocycles. The Bertz CT molecular complexity index is 756. The number of nitrogens with zero attached hydrogens (tertiary/aromatic N) is 2. The van der Waals surface area contributed by atoms with Gasteiger partial charge < -0.3 is 29.4 Å². The standard InChI is InChI=1S/C23H33N3O5/c1-28-23-14-19(15-24-8-3-11-30-21-4-2-7-25-16-21)5-6-22(23)31-18-20(27)17-26-9-12-29-13-10-26/h2,4-7,14,16,20,24,27H,3,8-13,15,17-18H2,1H3/t20-/m1/s1. The van der Waals surface area contributed by atoms with Crippen LogP contribution in [0.4, 0.5) is 0 Å². The molecule has 3 rings (SSSR count). The first-order chi connectivity index (χ1) is 15.2. The number of ether oxygens (including phenoxy) is 4. The quantitative estimate of drug-likeness (QED) is 0.464. The molecule has 170 valence electrons. The highest BCUT2D eigenvalue weighted by Gasteiger charge is 2.16. The molecular formula is C23H33N3O5. The van der Waals surface area contributed by atoms with Gasteiger partial charge in [-0.15, -0.1) is 0 Å². The van der Waals surface area contributed by atoms with Gasteiger partial charge in [-0.05, 0) is 42.8 Å². The molecule has 8 heteroatoms. The van der Waals surface area contributed by atoms with E-state index in [0.29, 0.717) is 37.9 Å². The number of aromatic nitrogens is 1. The summed E-state index contributed by atoms with van der Waals surface area (Å²) in [6, 6.07) is 9.62. The number of morpholine rings is 1. The first-order valence-electron chi connectivity index (χ1n) is 10.8. The number of aliphatic hydroxyl groups excluding tert-OH is 1. The number of hydrogen-bond acceptors (Lipinski definition) is 8. The van der Waals surface area contributed by atoms with E-state index in [2.05, 4.69) is 15.2 Å². The first kappa shape index (κ1) is 23.3. The Hall–Kier alpha value is -2.39. The number of nitrogens with one attached hydrogen (secondary N) is 1. The number of methoxy groups -OCH3 is 1. The molecule has 2 heterocycles. The maximum atomic E-state index is 10.3. The Kier molecular flexibility index (Phi) is 9.85. The lowest BCUT2D eigenvalue weighted by Gasteiger charge is -2.28. The fourth-order valence-corrected chi connectivity index (χ4v) is 3.31. The summed E-state index contributed by atoms with van der Waals surface area (Å²) in [6.07, 6.45) is 3.78. The second kappa shape index (κ2) is 13.1. The van der Waals surface area contributed by atoms with Crippen LogP contribution in [0, 0.1) is 0 Å². The summed E-state index contributed by atoms with van der Waals surface area (Å²) in [5.74, 6) is 2.09. The number of hydrogen-bond donors (Lipinski definition) is 2. The molecule has 1 aromatic heterocycles. The van der Waals surface area contributed by atoms with E-state index in [1.54, 1.807) is 19.5 Å². The third-order valence-corrected chi connectivity index (χ3v) is 4.96. The van der Waals surface area contributed by atoms with Crippen LogP contribution < -0.4 is 19.5 Å². The number of rotatable bonds is 13. The van der Waals surface area contributed by atoms with E-state index in [9.17, 15) is 5.11 Å². The third kappa shape index (κ3) is 8.34. The molecule has 1 aromatic carbocycles. The van der Waals surface area contributed by atoms with Crippen LogP contribution in [0.15, 0.2) is 42.7 Å². The summed E-state index contributed by atoms with van der Waals surface area (Å²) in [6.45, 7) is 6.14. The van der Waals surface area contributed by atoms with E-state index < -0.39 is 6.10 Å². The zero-order chi connectivity index (χ0) is 21.7. The Morgan fingerprint density at radius 2 is 2.06 bits per heavy atom. The zero-order valence-corrected chi connectivity index (χ0v) is 18.2. The van der Waals surface area contributed by atoms with Crippen LogP contribution in [0.25, 0.3) is 0 Å². The molecule has 0 amide bonds. The molecule has 0 radical (unpaired) electrons. The number of β-amino-alcohol motifs (C(OH)–C–C–N with tert-alkyl or cyclic N) is 1. The molecule has 1 atom stereocenters. The molecule has 2 N–H and O–H groups in total. The van der Waals surface area contributed by atoms with Gasteiger partial charge in [0.25, 0.3) is 0 Å². The lowest BCUT2D eigenvalue weighted by Crippen LogP contribution is -2.42. The molecule has 0 saturated carbocycles. The van der Waals surface area contributed by atoms with Crippen LogP contribution >= 0.6 is 0 Å². The molecule has 2 aromatic rings. The second-order valence-electron chi connectivity index (χ2n) is 7.43. The maximum absolute atomic E-state index is 10.3. The summed E-state index contributed by atoms with van der Waals surface area (Å²) in [5, 5.41) is 13.7. The lowest BCUT2D eigenvalue weighted by molar-refractivity contribution is 0.00445. The van der Waals surface area contributed by atoms with Crippen molar-refractivity contribution in [2.75, 3.05) is 59.7 Å². The molecule has 1 aliphatic rings. The number of aliphatic hydroxyl groups is 1. The Morgan fingerprint density at radius 1 is 1.19 bits per heavy atom. The molecule has 8 nitrogen and oxygen atoms in total. The van der Waals surface area contributed by atoms with Crippen LogP contribution in [0.2, 0.25) is 0 Å². The normalized spacial score (nSPS) is 15.4. The van der Waals surface area contributed by atoms with Crippen molar-refractivity contribution < 1.29 is 24.1 Å². The summed E-state index contributed by atoms with van der Waals surface area (Å²) >= 11 is 0. The summed E-state index contributed by atoms with van der Waals surface area (Å²) in [7, 11) is 1.62. The largest absolute Gasteiger partial charge is 0.493 e. The van der Waals surface area contributed by atoms with Gasteiger partial charge in [0.15, 0.2) is 11.5 Å². The Labute approximate surface area is 184 Å². The molecule has 1 aliphatic heterocycles. The number of benzene rings is 1. The van der Waals surface area contributed by atoms with Crippen LogP contribution in [-0.2, 0) is 11.3 Å². The van der Waals surface area contributed by atoms with Gasteiger partial charge in [-0.25, -0.2) is 0 Å². The van der Waals surface area contributed by atoms with Crippen molar-refractivity contribution in [1.82, 2.24) is 15.2 Å². The van der Waals surface area contributed by atoms with Gasteiger partial charge in [0, 0.05) is 32.4 Å². The highest BCUT2D eigenvalue weighted by molar-refractivity contribution is 5.43. The van der Waals surface area contributed by atoms with Gasteiger partial charge in [0.05, 0.1) is 33.1 Å². The molecule has 31 heavy (non-hydrogen) atoms. The van der Waals surface area contributed by atoms with Crippen molar-refractivity contribution in [3.05, 3.63) is 48.3 Å². The summed E-state index contributed by atoms with van der Waals surface area (Å²) < 4.78 is 22.3. The van der Waals surface area contributed by atoms with E-state index in [1.165, 1.54) is 0 Å². The second-order valence-corrected chi connectivity index (χ2v) is 7.43. The van der Waals surface area contributed by atoms with Crippen LogP contribution in [0.5, 0.6) is 17.2 Å². The van der Waals surface area contributed by atoms with E-state index in [-0.39, 0.29) is 6.61 Å². The highest BCUT2D eigenvalue weighted by atomic mass is 16.5. The average Bonchev–Trinajstić information content (AvgIpc) is 2.81. The van der Waals surface area contributed by atoms with Crippen molar-refractivity contribution in [2.24, 2.45) is 0 Å². The predicted molar refractivity (Wildman–Crippen MR) is 118 cm³/mol. The van der Waals surface area contributed by atoms with Gasteiger partial charge in [-0.3, -0.25) is 9.88 Å². The topological polar surface area (TPSA) is 85.3 Å². The lowest BCUT2D eigenvalue weighted by atomic mass is 10.2. The van der Waals surface area contributed by atoms with E-state index in [4.69, 9.17) is 18.9 Å². The molecule has 0 bridgehead atoms. The molecule has 0 unspecified atom stereocenters. The van der Waals surface area contributed by atoms with Crippen LogP contribution in [0.3, 0.4) is 0 Å². The van der Waals surface area contributed by atoms with Crippen molar-refractivity contribution in [3.8, 4) is 17.2 Å². The van der Waals surface area contributed by atoms with Crippen molar-refractivity contribution >= 4 is 0 Å². The fourth-order valence-electron chi connectivity index (χ4n) is 3.31. The first-order valence-corrected chi connectivity index (χ1v) is 10.8. The summed E-state index contributed by atoms with van der Waals surface area (Å²) in [4.78, 5) is 6.21. The van der Waals surface area contributed by atoms with Gasteiger partial charge in [0.2, 0.25) is 0 Å². The predicted octanol–water partition coefficient (Wildman–Crippen LogP) is 1.72. The molecular weight excluding hydrogens is 398 g/mol. The molecule has 1 fully saturated rings. The SMILES string of the molecule is COc1cc(CNCCCOc2cccnc2)ccc1OC[C@H](O)CN1CCOCC1. The van der Waals surface area contributed by atoms with Crippen molar-refractivity contribution in [2.45, 2.75) is 19.1 Å². The van der Waals surface area contributed by atoms with Crippen molar-refractivity contribution in [3.63, 3.8) is 0 Å². The van der Waals surface area contributed by atoms with Gasteiger partial charge in [-0.1, -0.05) is 6.07 Å². The molecule has 0 aliphatic carbocycles. The smallest absolute Gasteiger partial charge is 0.161 e. The van der Waals surface area contributed by atoms with E-state index in [0.717, 1.165) is 43.9 Å². The summed E-state index contributed by atoms with van der Waals surface area (Å²) in [5.41, 5.74) is 1.10. The minimum absolute atomic E-state index is 0.224. The van der Waals surface area contributed by atoms with E-state index in [1.807, 2.05) is 30.3 Å². The fraction of sp³-hybridized carbons (Fsp3) is 0.522. The third-order valence-electron chi connectivity index (χ3n) is 4.96. The number of pyridine rings is 1. The zero-order valence-electron chi connectivity index (χ0n) is 18.2. The van der Waals surface area contributed by atoms with Crippen LogP contribution in [-0.4, -0.2) is 80.8 Å². The van der Waals surface area contributed by atoms with Gasteiger partial charge >= 0.3 is 0 Å². The highest BCUT2D eigenvalue weighted by Crippen LogP contribution is 2.28. The van der Waals surface area contributed by atoms with Gasteiger partial charge in [0.1, 0.15) is 18.5 Å². The van der Waals surface area contributed by atoms with Crippen molar-refractivity contribution in [1.29, 1.82) is 0 Å². The monoisotopic (exact) mass is 431 g/mol. The van der Waals surface area contributed by atoms with E-state index >= 15 is 0 Å². The maximum Gasteiger partial charge on any atom is 0.161 e.